The molecule has 1 amide bonds. The van der Waals surface area contributed by atoms with Crippen molar-refractivity contribution in [1.29, 1.82) is 0 Å². The van der Waals surface area contributed by atoms with Crippen LogP contribution in [0.25, 0.3) is 5.65 Å². The van der Waals surface area contributed by atoms with E-state index in [0.717, 1.165) is 16.2 Å². The van der Waals surface area contributed by atoms with Gasteiger partial charge in [0.25, 0.3) is 0 Å². The van der Waals surface area contributed by atoms with Crippen molar-refractivity contribution in [3.05, 3.63) is 60.6 Å². The molecule has 2 aromatic heterocycles. The molecule has 0 bridgehead atoms. The molecule has 0 spiro atoms. The summed E-state index contributed by atoms with van der Waals surface area (Å²) < 4.78 is 7.15. The van der Waals surface area contributed by atoms with Crippen molar-refractivity contribution in [2.45, 2.75) is 23.2 Å². The fourth-order valence-electron chi connectivity index (χ4n) is 2.65. The third-order valence-corrected chi connectivity index (χ3v) is 5.13. The Kier molecular flexibility index (Phi) is 4.15. The van der Waals surface area contributed by atoms with Gasteiger partial charge in [0, 0.05) is 17.3 Å². The zero-order valence-corrected chi connectivity index (χ0v) is 14.0. The summed E-state index contributed by atoms with van der Waals surface area (Å²) >= 11 is 1.39. The summed E-state index contributed by atoms with van der Waals surface area (Å²) in [5.74, 6) is -0.586. The van der Waals surface area contributed by atoms with Gasteiger partial charge in [-0.25, -0.2) is 4.98 Å². The fraction of sp³-hybridized carbons (Fsp3) is 0.167. The van der Waals surface area contributed by atoms with Crippen LogP contribution in [0, 0.1) is 0 Å². The maximum atomic E-state index is 12.1. The average molecular weight is 353 g/mol. The van der Waals surface area contributed by atoms with Gasteiger partial charge in [-0.1, -0.05) is 18.2 Å². The highest BCUT2D eigenvalue weighted by Gasteiger charge is 2.29. The predicted molar refractivity (Wildman–Crippen MR) is 94.3 cm³/mol. The van der Waals surface area contributed by atoms with E-state index in [9.17, 15) is 9.59 Å². The summed E-state index contributed by atoms with van der Waals surface area (Å²) in [5.41, 5.74) is 2.25. The minimum absolute atomic E-state index is 0.0260. The fourth-order valence-corrected chi connectivity index (χ4v) is 3.74. The van der Waals surface area contributed by atoms with Gasteiger partial charge in [-0.3, -0.25) is 9.59 Å². The van der Waals surface area contributed by atoms with Crippen LogP contribution in [0.3, 0.4) is 0 Å². The Morgan fingerprint density at radius 2 is 2.08 bits per heavy atom. The van der Waals surface area contributed by atoms with Gasteiger partial charge in [-0.15, -0.1) is 11.8 Å². The quantitative estimate of drug-likeness (QED) is 0.730. The zero-order chi connectivity index (χ0) is 17.2. The number of hydrogen-bond donors (Lipinski definition) is 1. The van der Waals surface area contributed by atoms with E-state index in [4.69, 9.17) is 4.74 Å². The second-order valence-corrected chi connectivity index (χ2v) is 6.90. The highest BCUT2D eigenvalue weighted by molar-refractivity contribution is 8.01. The first kappa shape index (κ1) is 15.7. The molecule has 1 atom stereocenters. The lowest BCUT2D eigenvalue weighted by molar-refractivity contribution is -0.145. The molecular weight excluding hydrogens is 338 g/mol. The Balaban J connectivity index is 1.36. The molecule has 0 saturated heterocycles. The van der Waals surface area contributed by atoms with E-state index in [1.165, 1.54) is 11.8 Å². The number of fused-ring (bicyclic) bond motifs is 2. The van der Waals surface area contributed by atoms with Crippen LogP contribution in [0.2, 0.25) is 0 Å². The number of hydrogen-bond acceptors (Lipinski definition) is 5. The molecule has 1 aromatic carbocycles. The number of nitrogens with one attached hydrogen (secondary N) is 1. The third-order valence-electron chi connectivity index (χ3n) is 3.85. The molecule has 4 rings (SSSR count). The number of imidazole rings is 1. The summed E-state index contributed by atoms with van der Waals surface area (Å²) in [6.07, 6.45) is 3.73. The molecule has 7 heteroatoms. The molecule has 3 aromatic rings. The molecule has 0 saturated carbocycles. The number of esters is 1. The number of thioether (sulfide) groups is 1. The number of anilines is 1. The number of benzene rings is 1. The van der Waals surface area contributed by atoms with Crippen LogP contribution in [0.5, 0.6) is 0 Å². The number of carbonyl (C=O) groups is 2. The van der Waals surface area contributed by atoms with Crippen molar-refractivity contribution < 1.29 is 14.3 Å². The van der Waals surface area contributed by atoms with Crippen molar-refractivity contribution in [2.75, 3.05) is 5.32 Å². The number of nitrogens with zero attached hydrogens (tertiary/aromatic N) is 2. The minimum atomic E-state index is -0.483. The standard InChI is InChI=1S/C18H15N3O3S/c22-17(24-11-12-10-21-8-4-3-7-16(21)19-12)9-15-18(23)20-13-5-1-2-6-14(13)25-15/h1-8,10,15H,9,11H2,(H,20,23). The molecule has 1 unspecified atom stereocenters. The lowest BCUT2D eigenvalue weighted by Gasteiger charge is -2.23. The highest BCUT2D eigenvalue weighted by atomic mass is 32.2. The lowest BCUT2D eigenvalue weighted by atomic mass is 10.2. The maximum Gasteiger partial charge on any atom is 0.307 e. The largest absolute Gasteiger partial charge is 0.459 e. The van der Waals surface area contributed by atoms with Gasteiger partial charge in [0.2, 0.25) is 5.91 Å². The predicted octanol–water partition coefficient (Wildman–Crippen LogP) is 2.88. The Morgan fingerprint density at radius 3 is 2.96 bits per heavy atom. The van der Waals surface area contributed by atoms with E-state index in [1.807, 2.05) is 59.3 Å². The topological polar surface area (TPSA) is 72.7 Å². The molecule has 1 aliphatic rings. The summed E-state index contributed by atoms with van der Waals surface area (Å²) in [6, 6.07) is 13.2. The number of ether oxygens (including phenoxy) is 1. The summed E-state index contributed by atoms with van der Waals surface area (Å²) in [6.45, 7) is 0.0934. The summed E-state index contributed by atoms with van der Waals surface area (Å²) in [7, 11) is 0. The Hall–Kier alpha value is -2.80. The van der Waals surface area contributed by atoms with Gasteiger partial charge >= 0.3 is 5.97 Å². The van der Waals surface area contributed by atoms with Gasteiger partial charge in [-0.05, 0) is 24.3 Å². The van der Waals surface area contributed by atoms with Crippen molar-refractivity contribution in [2.24, 2.45) is 0 Å². The van der Waals surface area contributed by atoms with Crippen LogP contribution < -0.4 is 5.32 Å². The van der Waals surface area contributed by atoms with Crippen LogP contribution in [0.4, 0.5) is 5.69 Å². The molecule has 25 heavy (non-hydrogen) atoms. The Labute approximate surface area is 148 Å². The number of carbonyl (C=O) groups excluding carboxylic acids is 2. The van der Waals surface area contributed by atoms with E-state index < -0.39 is 11.2 Å². The van der Waals surface area contributed by atoms with E-state index >= 15 is 0 Å². The van der Waals surface area contributed by atoms with Crippen LogP contribution >= 0.6 is 11.8 Å². The van der Waals surface area contributed by atoms with E-state index in [0.29, 0.717) is 5.69 Å². The molecule has 1 N–H and O–H groups in total. The smallest absolute Gasteiger partial charge is 0.307 e. The molecule has 3 heterocycles. The number of aromatic nitrogens is 2. The summed E-state index contributed by atoms with van der Waals surface area (Å²) in [4.78, 5) is 29.6. The Morgan fingerprint density at radius 1 is 1.24 bits per heavy atom. The molecule has 0 fully saturated rings. The number of rotatable bonds is 4. The van der Waals surface area contributed by atoms with Gasteiger partial charge < -0.3 is 14.5 Å². The monoisotopic (exact) mass is 353 g/mol. The second kappa shape index (κ2) is 6.60. The van der Waals surface area contributed by atoms with Gasteiger partial charge in [-0.2, -0.15) is 0 Å². The Bertz CT molecular complexity index is 920. The van der Waals surface area contributed by atoms with Crippen molar-refractivity contribution in [3.8, 4) is 0 Å². The molecule has 6 nitrogen and oxygen atoms in total. The second-order valence-electron chi connectivity index (χ2n) is 5.66. The van der Waals surface area contributed by atoms with Crippen molar-refractivity contribution in [3.63, 3.8) is 0 Å². The normalized spacial score (nSPS) is 16.3. The maximum absolute atomic E-state index is 12.1. The average Bonchev–Trinajstić information content (AvgIpc) is 3.03. The third kappa shape index (κ3) is 3.36. The SMILES string of the molecule is O=C(CC1Sc2ccccc2NC1=O)OCc1cn2ccccc2n1. The number of amides is 1. The molecule has 126 valence electrons. The van der Waals surface area contributed by atoms with Gasteiger partial charge in [0.1, 0.15) is 12.3 Å². The highest BCUT2D eigenvalue weighted by Crippen LogP contribution is 2.36. The van der Waals surface area contributed by atoms with E-state index in [1.54, 1.807) is 0 Å². The van der Waals surface area contributed by atoms with E-state index in [2.05, 4.69) is 10.3 Å². The van der Waals surface area contributed by atoms with Crippen molar-refractivity contribution >= 4 is 35.0 Å². The molecule has 1 aliphatic heterocycles. The van der Waals surface area contributed by atoms with Gasteiger partial charge in [0.05, 0.1) is 23.1 Å². The van der Waals surface area contributed by atoms with Crippen LogP contribution in [-0.2, 0) is 20.9 Å². The first-order chi connectivity index (χ1) is 12.2. The van der Waals surface area contributed by atoms with Crippen LogP contribution in [0.15, 0.2) is 59.8 Å². The molecule has 0 aliphatic carbocycles. The number of para-hydroxylation sites is 1. The van der Waals surface area contributed by atoms with E-state index in [-0.39, 0.29) is 18.9 Å². The zero-order valence-electron chi connectivity index (χ0n) is 13.2. The van der Waals surface area contributed by atoms with Crippen LogP contribution in [-0.4, -0.2) is 26.5 Å². The molecular formula is C18H15N3O3S. The molecule has 0 radical (unpaired) electrons. The van der Waals surface area contributed by atoms with Crippen LogP contribution in [0.1, 0.15) is 12.1 Å². The summed E-state index contributed by atoms with van der Waals surface area (Å²) in [5, 5.41) is 2.34. The lowest BCUT2D eigenvalue weighted by Crippen LogP contribution is -2.31. The minimum Gasteiger partial charge on any atom is -0.459 e. The van der Waals surface area contributed by atoms with Gasteiger partial charge in [0.15, 0.2) is 0 Å². The number of pyridine rings is 1. The first-order valence-electron chi connectivity index (χ1n) is 7.84. The van der Waals surface area contributed by atoms with Crippen molar-refractivity contribution in [1.82, 2.24) is 9.38 Å². The first-order valence-corrected chi connectivity index (χ1v) is 8.72.